The summed E-state index contributed by atoms with van der Waals surface area (Å²) in [7, 11) is 0. The lowest BCUT2D eigenvalue weighted by Crippen LogP contribution is -2.56. The predicted molar refractivity (Wildman–Crippen MR) is 85.6 cm³/mol. The van der Waals surface area contributed by atoms with Crippen LogP contribution < -0.4 is 11.3 Å². The number of nitrogens with one attached hydrogen (secondary N) is 1. The van der Waals surface area contributed by atoms with Crippen LogP contribution >= 0.6 is 23.2 Å². The molecule has 2 aliphatic heterocycles. The first-order chi connectivity index (χ1) is 10.2. The Hall–Kier alpha value is -0.360. The summed E-state index contributed by atoms with van der Waals surface area (Å²) in [5.74, 6) is 5.75. The number of benzene rings is 1. The van der Waals surface area contributed by atoms with Crippen molar-refractivity contribution in [2.45, 2.75) is 37.5 Å². The van der Waals surface area contributed by atoms with Gasteiger partial charge in [-0.1, -0.05) is 29.3 Å². The zero-order valence-corrected chi connectivity index (χ0v) is 13.4. The van der Waals surface area contributed by atoms with Crippen molar-refractivity contribution in [1.82, 2.24) is 10.3 Å². The summed E-state index contributed by atoms with van der Waals surface area (Å²) in [4.78, 5) is 2.52. The van der Waals surface area contributed by atoms with E-state index in [4.69, 9.17) is 33.8 Å². The molecule has 2 aliphatic rings. The van der Waals surface area contributed by atoms with Gasteiger partial charge in [0, 0.05) is 22.6 Å². The number of morpholine rings is 1. The third kappa shape index (κ3) is 3.52. The largest absolute Gasteiger partial charge is 0.374 e. The predicted octanol–water partition coefficient (Wildman–Crippen LogP) is 2.23. The van der Waals surface area contributed by atoms with Gasteiger partial charge in [0.25, 0.3) is 0 Å². The molecule has 2 saturated heterocycles. The standard InChI is InChI=1S/C15H21Cl2N3O/c16-11-4-3-10(13(17)7-11)6-14(19-18)15-8-20-5-1-2-12(20)9-21-15/h3-4,7,12,14-15,19H,1-2,5-6,8-9,18H2. The average Bonchev–Trinajstić information content (AvgIpc) is 2.94. The maximum Gasteiger partial charge on any atom is 0.0872 e. The molecule has 0 bridgehead atoms. The van der Waals surface area contributed by atoms with Crippen molar-refractivity contribution >= 4 is 23.2 Å². The summed E-state index contributed by atoms with van der Waals surface area (Å²) >= 11 is 12.2. The van der Waals surface area contributed by atoms with E-state index in [1.54, 1.807) is 6.07 Å². The quantitative estimate of drug-likeness (QED) is 0.657. The molecule has 1 aromatic carbocycles. The lowest BCUT2D eigenvalue weighted by Gasteiger charge is -2.38. The van der Waals surface area contributed by atoms with Crippen LogP contribution in [0.25, 0.3) is 0 Å². The molecule has 4 nitrogen and oxygen atoms in total. The lowest BCUT2D eigenvalue weighted by atomic mass is 10.00. The molecule has 3 rings (SSSR count). The number of hydrogen-bond donors (Lipinski definition) is 2. The van der Waals surface area contributed by atoms with E-state index in [2.05, 4.69) is 10.3 Å². The van der Waals surface area contributed by atoms with Crippen LogP contribution in [-0.4, -0.2) is 42.8 Å². The lowest BCUT2D eigenvalue weighted by molar-refractivity contribution is -0.0644. The number of ether oxygens (including phenoxy) is 1. The Morgan fingerprint density at radius 3 is 3.05 bits per heavy atom. The SMILES string of the molecule is NNC(Cc1ccc(Cl)cc1Cl)C1CN2CCCC2CO1. The molecule has 0 radical (unpaired) electrons. The van der Waals surface area contributed by atoms with E-state index in [9.17, 15) is 0 Å². The fraction of sp³-hybridized carbons (Fsp3) is 0.600. The highest BCUT2D eigenvalue weighted by atomic mass is 35.5. The van der Waals surface area contributed by atoms with Crippen LogP contribution in [0.5, 0.6) is 0 Å². The van der Waals surface area contributed by atoms with E-state index in [1.165, 1.54) is 19.4 Å². The Bertz CT molecular complexity index is 500. The fourth-order valence-corrected chi connectivity index (χ4v) is 3.79. The molecular weight excluding hydrogens is 309 g/mol. The highest BCUT2D eigenvalue weighted by Gasteiger charge is 2.35. The van der Waals surface area contributed by atoms with Gasteiger partial charge in [-0.15, -0.1) is 0 Å². The molecule has 0 aliphatic carbocycles. The maximum absolute atomic E-state index is 6.25. The highest BCUT2D eigenvalue weighted by molar-refractivity contribution is 6.35. The molecule has 2 heterocycles. The molecule has 0 spiro atoms. The summed E-state index contributed by atoms with van der Waals surface area (Å²) in [6, 6.07) is 6.22. The Kier molecular flexibility index (Phi) is 5.04. The van der Waals surface area contributed by atoms with Crippen molar-refractivity contribution in [3.8, 4) is 0 Å². The third-order valence-electron chi connectivity index (χ3n) is 4.53. The van der Waals surface area contributed by atoms with E-state index in [0.29, 0.717) is 16.1 Å². The summed E-state index contributed by atoms with van der Waals surface area (Å²) in [5.41, 5.74) is 3.94. The van der Waals surface area contributed by atoms with Gasteiger partial charge in [0.1, 0.15) is 0 Å². The molecule has 1 aromatic rings. The van der Waals surface area contributed by atoms with Gasteiger partial charge in [-0.2, -0.15) is 0 Å². The van der Waals surface area contributed by atoms with Crippen LogP contribution in [0.3, 0.4) is 0 Å². The summed E-state index contributed by atoms with van der Waals surface area (Å²) in [6.45, 7) is 2.91. The number of halogens is 2. The molecule has 3 N–H and O–H groups in total. The molecule has 21 heavy (non-hydrogen) atoms. The van der Waals surface area contributed by atoms with E-state index in [1.807, 2.05) is 12.1 Å². The van der Waals surface area contributed by atoms with Crippen molar-refractivity contribution in [2.75, 3.05) is 19.7 Å². The van der Waals surface area contributed by atoms with Gasteiger partial charge in [0.05, 0.1) is 18.8 Å². The number of hydrogen-bond acceptors (Lipinski definition) is 4. The minimum absolute atomic E-state index is 0.0465. The topological polar surface area (TPSA) is 50.5 Å². The zero-order chi connectivity index (χ0) is 14.8. The summed E-state index contributed by atoms with van der Waals surface area (Å²) in [6.07, 6.45) is 3.34. The van der Waals surface area contributed by atoms with Crippen molar-refractivity contribution in [3.05, 3.63) is 33.8 Å². The first-order valence-electron chi connectivity index (χ1n) is 7.43. The van der Waals surface area contributed by atoms with Crippen LogP contribution in [0.4, 0.5) is 0 Å². The number of nitrogens with two attached hydrogens (primary N) is 1. The number of nitrogens with zero attached hydrogens (tertiary/aromatic N) is 1. The Labute approximate surface area is 135 Å². The number of fused-ring (bicyclic) bond motifs is 1. The molecule has 6 heteroatoms. The van der Waals surface area contributed by atoms with E-state index < -0.39 is 0 Å². The van der Waals surface area contributed by atoms with Crippen molar-refractivity contribution < 1.29 is 4.74 Å². The third-order valence-corrected chi connectivity index (χ3v) is 5.12. The van der Waals surface area contributed by atoms with Crippen LogP contribution in [0, 0.1) is 0 Å². The first kappa shape index (κ1) is 15.5. The van der Waals surface area contributed by atoms with Crippen molar-refractivity contribution in [2.24, 2.45) is 5.84 Å². The van der Waals surface area contributed by atoms with Gasteiger partial charge in [0.15, 0.2) is 0 Å². The molecule has 3 atom stereocenters. The van der Waals surface area contributed by atoms with Crippen molar-refractivity contribution in [1.29, 1.82) is 0 Å². The van der Waals surface area contributed by atoms with Crippen LogP contribution in [0.1, 0.15) is 18.4 Å². The second-order valence-corrected chi connectivity index (χ2v) is 6.72. The van der Waals surface area contributed by atoms with Gasteiger partial charge in [0.2, 0.25) is 0 Å². The van der Waals surface area contributed by atoms with E-state index in [0.717, 1.165) is 25.1 Å². The molecule has 0 saturated carbocycles. The molecule has 0 amide bonds. The Balaban J connectivity index is 1.67. The van der Waals surface area contributed by atoms with Gasteiger partial charge < -0.3 is 4.74 Å². The first-order valence-corrected chi connectivity index (χ1v) is 8.18. The van der Waals surface area contributed by atoms with Gasteiger partial charge in [-0.05, 0) is 43.5 Å². The summed E-state index contributed by atoms with van der Waals surface area (Å²) < 4.78 is 6.03. The second kappa shape index (κ2) is 6.82. The van der Waals surface area contributed by atoms with Gasteiger partial charge >= 0.3 is 0 Å². The smallest absolute Gasteiger partial charge is 0.0872 e. The summed E-state index contributed by atoms with van der Waals surface area (Å²) in [5, 5.41) is 1.33. The van der Waals surface area contributed by atoms with Crippen LogP contribution in [0.15, 0.2) is 18.2 Å². The fourth-order valence-electron chi connectivity index (χ4n) is 3.31. The van der Waals surface area contributed by atoms with Crippen LogP contribution in [0.2, 0.25) is 10.0 Å². The highest BCUT2D eigenvalue weighted by Crippen LogP contribution is 2.26. The molecular formula is C15H21Cl2N3O. The minimum Gasteiger partial charge on any atom is -0.374 e. The minimum atomic E-state index is 0.0465. The molecule has 116 valence electrons. The molecule has 3 unspecified atom stereocenters. The van der Waals surface area contributed by atoms with Gasteiger partial charge in [-0.3, -0.25) is 16.2 Å². The van der Waals surface area contributed by atoms with E-state index >= 15 is 0 Å². The number of hydrazine groups is 1. The van der Waals surface area contributed by atoms with Crippen LogP contribution in [-0.2, 0) is 11.2 Å². The number of rotatable bonds is 4. The van der Waals surface area contributed by atoms with Crippen molar-refractivity contribution in [3.63, 3.8) is 0 Å². The van der Waals surface area contributed by atoms with Gasteiger partial charge in [-0.25, -0.2) is 0 Å². The Morgan fingerprint density at radius 2 is 2.29 bits per heavy atom. The second-order valence-electron chi connectivity index (χ2n) is 5.88. The average molecular weight is 330 g/mol. The Morgan fingerprint density at radius 1 is 1.43 bits per heavy atom. The monoisotopic (exact) mass is 329 g/mol. The maximum atomic E-state index is 6.25. The zero-order valence-electron chi connectivity index (χ0n) is 11.9. The molecule has 0 aromatic heterocycles. The molecule has 2 fully saturated rings. The van der Waals surface area contributed by atoms with E-state index in [-0.39, 0.29) is 12.1 Å². The normalized spacial score (nSPS) is 27.6.